The molecule has 0 spiro atoms. The number of urea groups is 1. The minimum Gasteiger partial charge on any atom is -0.374 e. The van der Waals surface area contributed by atoms with Crippen molar-refractivity contribution in [2.75, 3.05) is 5.32 Å². The number of imide groups is 1. The van der Waals surface area contributed by atoms with E-state index in [4.69, 9.17) is 11.6 Å². The highest BCUT2D eigenvalue weighted by Gasteiger charge is 2.20. The van der Waals surface area contributed by atoms with Crippen molar-refractivity contribution in [1.82, 2.24) is 10.6 Å². The molecule has 0 radical (unpaired) electrons. The second-order valence-electron chi connectivity index (χ2n) is 6.08. The molecule has 126 valence electrons. The van der Waals surface area contributed by atoms with Crippen LogP contribution in [0.2, 0.25) is 5.02 Å². The molecular formula is C17H24ClN3O2. The average Bonchev–Trinajstić information content (AvgIpc) is 2.52. The summed E-state index contributed by atoms with van der Waals surface area (Å²) in [6.07, 6.45) is 5.45. The van der Waals surface area contributed by atoms with Gasteiger partial charge in [0.05, 0.1) is 0 Å². The van der Waals surface area contributed by atoms with Gasteiger partial charge in [-0.1, -0.05) is 36.9 Å². The molecule has 2 rings (SSSR count). The first-order chi connectivity index (χ1) is 11.0. The summed E-state index contributed by atoms with van der Waals surface area (Å²) in [5.74, 6) is -0.363. The molecule has 1 saturated carbocycles. The largest absolute Gasteiger partial charge is 0.374 e. The van der Waals surface area contributed by atoms with E-state index in [2.05, 4.69) is 16.0 Å². The Labute approximate surface area is 142 Å². The molecule has 0 unspecified atom stereocenters. The summed E-state index contributed by atoms with van der Waals surface area (Å²) in [5, 5.41) is 8.99. The van der Waals surface area contributed by atoms with E-state index >= 15 is 0 Å². The first-order valence-corrected chi connectivity index (χ1v) is 8.48. The maximum Gasteiger partial charge on any atom is 0.321 e. The molecule has 0 saturated heterocycles. The Bertz CT molecular complexity index is 571. The van der Waals surface area contributed by atoms with Crippen LogP contribution < -0.4 is 16.0 Å². The van der Waals surface area contributed by atoms with Crippen LogP contribution in [-0.2, 0) is 4.79 Å². The Morgan fingerprint density at radius 2 is 1.91 bits per heavy atom. The molecule has 1 aromatic carbocycles. The van der Waals surface area contributed by atoms with Crippen LogP contribution in [0.1, 0.15) is 44.6 Å². The fourth-order valence-electron chi connectivity index (χ4n) is 2.75. The third-order valence-corrected chi connectivity index (χ3v) is 4.62. The van der Waals surface area contributed by atoms with Gasteiger partial charge in [0.2, 0.25) is 5.91 Å². The minimum absolute atomic E-state index is 0.176. The van der Waals surface area contributed by atoms with E-state index in [1.54, 1.807) is 13.0 Å². The van der Waals surface area contributed by atoms with Crippen LogP contribution in [-0.4, -0.2) is 24.0 Å². The molecule has 0 heterocycles. The molecule has 0 aliphatic heterocycles. The molecule has 0 aromatic heterocycles. The number of rotatable bonds is 4. The SMILES string of the molecule is Cc1c(Cl)cccc1N[C@H](C)C(=O)NC(=O)NC1CCCCC1. The van der Waals surface area contributed by atoms with Gasteiger partial charge < -0.3 is 10.6 Å². The number of carbonyl (C=O) groups is 2. The van der Waals surface area contributed by atoms with Gasteiger partial charge in [0, 0.05) is 16.8 Å². The Morgan fingerprint density at radius 1 is 1.22 bits per heavy atom. The Morgan fingerprint density at radius 3 is 2.61 bits per heavy atom. The minimum atomic E-state index is -0.538. The zero-order valence-corrected chi connectivity index (χ0v) is 14.4. The lowest BCUT2D eigenvalue weighted by molar-refractivity contribution is -0.120. The van der Waals surface area contributed by atoms with Crippen LogP contribution in [0.5, 0.6) is 0 Å². The molecule has 1 fully saturated rings. The zero-order chi connectivity index (χ0) is 16.8. The molecule has 1 aliphatic carbocycles. The predicted molar refractivity (Wildman–Crippen MR) is 92.8 cm³/mol. The molecule has 3 amide bonds. The van der Waals surface area contributed by atoms with Crippen molar-refractivity contribution in [1.29, 1.82) is 0 Å². The normalized spacial score (nSPS) is 16.5. The molecule has 3 N–H and O–H groups in total. The van der Waals surface area contributed by atoms with Crippen LogP contribution in [0.4, 0.5) is 10.5 Å². The van der Waals surface area contributed by atoms with Crippen LogP contribution >= 0.6 is 11.6 Å². The third kappa shape index (κ3) is 5.13. The molecule has 1 atom stereocenters. The van der Waals surface area contributed by atoms with E-state index in [-0.39, 0.29) is 11.9 Å². The van der Waals surface area contributed by atoms with Crippen molar-refractivity contribution in [3.8, 4) is 0 Å². The van der Waals surface area contributed by atoms with Crippen molar-refractivity contribution < 1.29 is 9.59 Å². The van der Waals surface area contributed by atoms with Gasteiger partial charge in [-0.2, -0.15) is 0 Å². The first-order valence-electron chi connectivity index (χ1n) is 8.10. The topological polar surface area (TPSA) is 70.2 Å². The molecule has 1 aromatic rings. The zero-order valence-electron chi connectivity index (χ0n) is 13.6. The van der Waals surface area contributed by atoms with Crippen LogP contribution in [0.25, 0.3) is 0 Å². The van der Waals surface area contributed by atoms with Gasteiger partial charge in [0.25, 0.3) is 0 Å². The average molecular weight is 338 g/mol. The van der Waals surface area contributed by atoms with Crippen molar-refractivity contribution in [3.63, 3.8) is 0 Å². The van der Waals surface area contributed by atoms with E-state index in [0.717, 1.165) is 36.9 Å². The van der Waals surface area contributed by atoms with Gasteiger partial charge >= 0.3 is 6.03 Å². The second kappa shape index (κ2) is 8.20. The lowest BCUT2D eigenvalue weighted by Crippen LogP contribution is -2.49. The van der Waals surface area contributed by atoms with Gasteiger partial charge in [-0.05, 0) is 44.4 Å². The standard InChI is InChI=1S/C17H24ClN3O2/c1-11-14(18)9-6-10-15(11)19-12(2)16(22)21-17(23)20-13-7-4-3-5-8-13/h6,9-10,12-13,19H,3-5,7-8H2,1-2H3,(H2,20,21,22,23)/t12-/m1/s1. The van der Waals surface area contributed by atoms with Crippen molar-refractivity contribution in [3.05, 3.63) is 28.8 Å². The Balaban J connectivity index is 1.84. The monoisotopic (exact) mass is 337 g/mol. The van der Waals surface area contributed by atoms with Crippen LogP contribution in [0.15, 0.2) is 18.2 Å². The molecule has 6 heteroatoms. The van der Waals surface area contributed by atoms with E-state index in [9.17, 15) is 9.59 Å². The lowest BCUT2D eigenvalue weighted by Gasteiger charge is -2.23. The van der Waals surface area contributed by atoms with Crippen LogP contribution in [0.3, 0.4) is 0 Å². The van der Waals surface area contributed by atoms with Crippen LogP contribution in [0, 0.1) is 6.92 Å². The number of benzene rings is 1. The quantitative estimate of drug-likeness (QED) is 0.786. The van der Waals surface area contributed by atoms with Crippen molar-refractivity contribution in [2.45, 2.75) is 58.0 Å². The second-order valence-corrected chi connectivity index (χ2v) is 6.48. The molecule has 23 heavy (non-hydrogen) atoms. The van der Waals surface area contributed by atoms with E-state index in [1.165, 1.54) is 6.42 Å². The van der Waals surface area contributed by atoms with E-state index in [0.29, 0.717) is 5.02 Å². The van der Waals surface area contributed by atoms with E-state index in [1.807, 2.05) is 19.1 Å². The number of anilines is 1. The highest BCUT2D eigenvalue weighted by atomic mass is 35.5. The highest BCUT2D eigenvalue weighted by molar-refractivity contribution is 6.31. The number of halogens is 1. The molecule has 0 bridgehead atoms. The molecule has 1 aliphatic rings. The Kier molecular flexibility index (Phi) is 6.28. The smallest absolute Gasteiger partial charge is 0.321 e. The van der Waals surface area contributed by atoms with Gasteiger partial charge in [-0.25, -0.2) is 4.79 Å². The number of hydrogen-bond acceptors (Lipinski definition) is 3. The predicted octanol–water partition coefficient (Wildman–Crippen LogP) is 3.61. The lowest BCUT2D eigenvalue weighted by atomic mass is 9.96. The summed E-state index contributed by atoms with van der Waals surface area (Å²) >= 11 is 6.06. The first kappa shape index (κ1) is 17.6. The maximum absolute atomic E-state index is 12.1. The van der Waals surface area contributed by atoms with Gasteiger partial charge in [0.1, 0.15) is 6.04 Å². The number of amides is 3. The fourth-order valence-corrected chi connectivity index (χ4v) is 2.93. The summed E-state index contributed by atoms with van der Waals surface area (Å²) < 4.78 is 0. The number of hydrogen-bond donors (Lipinski definition) is 3. The van der Waals surface area contributed by atoms with E-state index < -0.39 is 12.1 Å². The van der Waals surface area contributed by atoms with Crippen molar-refractivity contribution >= 4 is 29.2 Å². The van der Waals surface area contributed by atoms with Crippen molar-refractivity contribution in [2.24, 2.45) is 0 Å². The summed E-state index contributed by atoms with van der Waals surface area (Å²) in [6, 6.07) is 4.69. The summed E-state index contributed by atoms with van der Waals surface area (Å²) in [5.41, 5.74) is 1.66. The van der Waals surface area contributed by atoms with Gasteiger partial charge in [-0.3, -0.25) is 10.1 Å². The number of nitrogens with one attached hydrogen (secondary N) is 3. The Hall–Kier alpha value is -1.75. The summed E-state index contributed by atoms with van der Waals surface area (Å²) in [6.45, 7) is 3.59. The molecular weight excluding hydrogens is 314 g/mol. The van der Waals surface area contributed by atoms with Gasteiger partial charge in [0.15, 0.2) is 0 Å². The maximum atomic E-state index is 12.1. The summed E-state index contributed by atoms with van der Waals surface area (Å²) in [7, 11) is 0. The van der Waals surface area contributed by atoms with Gasteiger partial charge in [-0.15, -0.1) is 0 Å². The highest BCUT2D eigenvalue weighted by Crippen LogP contribution is 2.23. The third-order valence-electron chi connectivity index (χ3n) is 4.21. The molecule has 5 nitrogen and oxygen atoms in total. The fraction of sp³-hybridized carbons (Fsp3) is 0.529. The summed E-state index contributed by atoms with van der Waals surface area (Å²) in [4.78, 5) is 24.0. The number of carbonyl (C=O) groups excluding carboxylic acids is 2.